The van der Waals surface area contributed by atoms with Gasteiger partial charge >= 0.3 is 0 Å². The average molecular weight is 404 g/mol. The van der Waals surface area contributed by atoms with Gasteiger partial charge < -0.3 is 15.3 Å². The molecule has 1 amide bonds. The number of benzene rings is 2. The molecular formula is C20H25N3O4S. The molecule has 0 fully saturated rings. The lowest BCUT2D eigenvalue weighted by atomic mass is 10.0. The Bertz CT molecular complexity index is 971. The third-order valence-corrected chi connectivity index (χ3v) is 6.80. The van der Waals surface area contributed by atoms with E-state index < -0.39 is 16.1 Å². The molecule has 1 aliphatic rings. The Morgan fingerprint density at radius 2 is 1.89 bits per heavy atom. The Morgan fingerprint density at radius 3 is 2.54 bits per heavy atom. The highest BCUT2D eigenvalue weighted by atomic mass is 32.2. The molecule has 2 N–H and O–H groups in total. The molecule has 0 saturated carbocycles. The monoisotopic (exact) mass is 403 g/mol. The molecule has 28 heavy (non-hydrogen) atoms. The van der Waals surface area contributed by atoms with Crippen LogP contribution in [0, 0.1) is 0 Å². The summed E-state index contributed by atoms with van der Waals surface area (Å²) in [5.41, 5.74) is 3.47. The zero-order valence-electron chi connectivity index (χ0n) is 16.2. The van der Waals surface area contributed by atoms with Crippen molar-refractivity contribution in [3.05, 3.63) is 59.2 Å². The van der Waals surface area contributed by atoms with E-state index >= 15 is 0 Å². The van der Waals surface area contributed by atoms with Crippen molar-refractivity contribution in [1.82, 2.24) is 9.62 Å². The molecule has 7 nitrogen and oxygen atoms in total. The number of likely N-dealkylation sites (N-methyl/N-ethyl adjacent to an activating group) is 1. The Balaban J connectivity index is 1.62. The minimum absolute atomic E-state index is 0.0746. The van der Waals surface area contributed by atoms with E-state index in [1.807, 2.05) is 25.2 Å². The number of hydrogen-bond acceptors (Lipinski definition) is 5. The number of sulfonamides is 1. The van der Waals surface area contributed by atoms with Crippen LogP contribution in [0.1, 0.15) is 27.6 Å². The summed E-state index contributed by atoms with van der Waals surface area (Å²) in [4.78, 5) is 14.6. The van der Waals surface area contributed by atoms with Gasteiger partial charge in [-0.3, -0.25) is 4.79 Å². The van der Waals surface area contributed by atoms with Gasteiger partial charge in [-0.15, -0.1) is 0 Å². The predicted octanol–water partition coefficient (Wildman–Crippen LogP) is 1.39. The standard InChI is InChI=1S/C20H25N3O4S/c1-22(2)28(26,27)17-7-4-14(5-8-17)20(25)21-13-19(24)16-6-9-18-15(12-16)10-11-23(18)3/h4-9,12,19,24H,10-11,13H2,1-3H3,(H,21,25)/t19-/m0/s1. The predicted molar refractivity (Wildman–Crippen MR) is 108 cm³/mol. The molecule has 0 unspecified atom stereocenters. The Kier molecular flexibility index (Phi) is 5.74. The highest BCUT2D eigenvalue weighted by Gasteiger charge is 2.19. The quantitative estimate of drug-likeness (QED) is 0.761. The second kappa shape index (κ2) is 7.90. The summed E-state index contributed by atoms with van der Waals surface area (Å²) in [5, 5.41) is 13.1. The van der Waals surface area contributed by atoms with Crippen LogP contribution in [-0.4, -0.2) is 58.0 Å². The Hall–Kier alpha value is -2.42. The summed E-state index contributed by atoms with van der Waals surface area (Å²) < 4.78 is 25.3. The van der Waals surface area contributed by atoms with Crippen molar-refractivity contribution in [1.29, 1.82) is 0 Å². The summed E-state index contributed by atoms with van der Waals surface area (Å²) in [5.74, 6) is -0.367. The maximum Gasteiger partial charge on any atom is 0.251 e. The van der Waals surface area contributed by atoms with Crippen LogP contribution >= 0.6 is 0 Å². The fourth-order valence-electron chi connectivity index (χ4n) is 3.19. The summed E-state index contributed by atoms with van der Waals surface area (Å²) in [6, 6.07) is 11.6. The Morgan fingerprint density at radius 1 is 1.21 bits per heavy atom. The number of carbonyl (C=O) groups is 1. The number of amides is 1. The molecule has 1 aliphatic heterocycles. The number of aliphatic hydroxyl groups excluding tert-OH is 1. The molecule has 2 aromatic rings. The molecule has 0 radical (unpaired) electrons. The van der Waals surface area contributed by atoms with E-state index in [1.165, 1.54) is 49.6 Å². The maximum atomic E-state index is 12.3. The second-order valence-electron chi connectivity index (χ2n) is 7.10. The van der Waals surface area contributed by atoms with Crippen LogP contribution in [0.2, 0.25) is 0 Å². The molecule has 0 saturated heterocycles. The molecule has 1 atom stereocenters. The van der Waals surface area contributed by atoms with E-state index in [9.17, 15) is 18.3 Å². The third kappa shape index (κ3) is 4.04. The lowest BCUT2D eigenvalue weighted by molar-refractivity contribution is 0.0916. The van der Waals surface area contributed by atoms with Gasteiger partial charge in [-0.2, -0.15) is 0 Å². The molecule has 0 spiro atoms. The van der Waals surface area contributed by atoms with Gasteiger partial charge in [0.15, 0.2) is 0 Å². The number of fused-ring (bicyclic) bond motifs is 1. The van der Waals surface area contributed by atoms with E-state index in [0.29, 0.717) is 5.56 Å². The van der Waals surface area contributed by atoms with Gasteiger partial charge in [0.1, 0.15) is 0 Å². The van der Waals surface area contributed by atoms with Crippen LogP contribution in [0.5, 0.6) is 0 Å². The van der Waals surface area contributed by atoms with Crippen LogP contribution in [0.25, 0.3) is 0 Å². The highest BCUT2D eigenvalue weighted by Crippen LogP contribution is 2.29. The van der Waals surface area contributed by atoms with E-state index in [2.05, 4.69) is 10.2 Å². The largest absolute Gasteiger partial charge is 0.387 e. The first kappa shape index (κ1) is 20.3. The van der Waals surface area contributed by atoms with E-state index in [-0.39, 0.29) is 17.3 Å². The maximum absolute atomic E-state index is 12.3. The molecule has 1 heterocycles. The van der Waals surface area contributed by atoms with Crippen LogP contribution in [0.15, 0.2) is 47.4 Å². The molecule has 0 aromatic heterocycles. The summed E-state index contributed by atoms with van der Waals surface area (Å²) in [6.45, 7) is 1.04. The number of rotatable bonds is 6. The van der Waals surface area contributed by atoms with Crippen LogP contribution in [-0.2, 0) is 16.4 Å². The second-order valence-corrected chi connectivity index (χ2v) is 9.25. The molecule has 2 aromatic carbocycles. The molecule has 150 valence electrons. The van der Waals surface area contributed by atoms with Gasteiger partial charge in [-0.25, -0.2) is 12.7 Å². The molecule has 0 bridgehead atoms. The van der Waals surface area contributed by atoms with Crippen molar-refractivity contribution in [3.63, 3.8) is 0 Å². The average Bonchev–Trinajstić information content (AvgIpc) is 3.06. The number of hydrogen-bond donors (Lipinski definition) is 2. The lowest BCUT2D eigenvalue weighted by Crippen LogP contribution is -2.28. The first-order valence-corrected chi connectivity index (χ1v) is 10.5. The van der Waals surface area contributed by atoms with Crippen molar-refractivity contribution in [2.75, 3.05) is 39.1 Å². The number of carbonyl (C=O) groups excluding carboxylic acids is 1. The van der Waals surface area contributed by atoms with Gasteiger partial charge in [0.05, 0.1) is 11.0 Å². The van der Waals surface area contributed by atoms with Crippen LogP contribution in [0.3, 0.4) is 0 Å². The first-order valence-electron chi connectivity index (χ1n) is 9.03. The zero-order chi connectivity index (χ0) is 20.5. The van der Waals surface area contributed by atoms with Crippen molar-refractivity contribution in [3.8, 4) is 0 Å². The van der Waals surface area contributed by atoms with Crippen molar-refractivity contribution in [2.45, 2.75) is 17.4 Å². The van der Waals surface area contributed by atoms with Gasteiger partial charge in [-0.1, -0.05) is 12.1 Å². The number of nitrogens with one attached hydrogen (secondary N) is 1. The fourth-order valence-corrected chi connectivity index (χ4v) is 4.09. The molecule has 3 rings (SSSR count). The van der Waals surface area contributed by atoms with E-state index in [4.69, 9.17) is 0 Å². The van der Waals surface area contributed by atoms with Gasteiger partial charge in [0.2, 0.25) is 10.0 Å². The fraction of sp³-hybridized carbons (Fsp3) is 0.350. The first-order chi connectivity index (χ1) is 13.2. The number of nitrogens with zero attached hydrogens (tertiary/aromatic N) is 2. The molecule has 8 heteroatoms. The van der Waals surface area contributed by atoms with Crippen molar-refractivity contribution >= 4 is 21.6 Å². The van der Waals surface area contributed by atoms with E-state index in [0.717, 1.165) is 22.8 Å². The minimum atomic E-state index is -3.53. The van der Waals surface area contributed by atoms with Gasteiger partial charge in [-0.05, 0) is 47.9 Å². The molecule has 0 aliphatic carbocycles. The van der Waals surface area contributed by atoms with Gasteiger partial charge in [0, 0.05) is 45.5 Å². The molecular weight excluding hydrogens is 378 g/mol. The summed E-state index contributed by atoms with van der Waals surface area (Å²) in [7, 11) is 1.41. The van der Waals surface area contributed by atoms with Crippen LogP contribution in [0.4, 0.5) is 5.69 Å². The minimum Gasteiger partial charge on any atom is -0.387 e. The highest BCUT2D eigenvalue weighted by molar-refractivity contribution is 7.89. The summed E-state index contributed by atoms with van der Waals surface area (Å²) in [6.07, 6.45) is 0.134. The summed E-state index contributed by atoms with van der Waals surface area (Å²) >= 11 is 0. The third-order valence-electron chi connectivity index (χ3n) is 4.97. The van der Waals surface area contributed by atoms with Gasteiger partial charge in [0.25, 0.3) is 5.91 Å². The smallest absolute Gasteiger partial charge is 0.251 e. The number of anilines is 1. The number of aliphatic hydroxyl groups is 1. The van der Waals surface area contributed by atoms with Crippen molar-refractivity contribution in [2.24, 2.45) is 0 Å². The normalized spacial score (nSPS) is 14.8. The lowest BCUT2D eigenvalue weighted by Gasteiger charge is -2.16. The SMILES string of the molecule is CN1CCc2cc([C@@H](O)CNC(=O)c3ccc(S(=O)(=O)N(C)C)cc3)ccc21. The van der Waals surface area contributed by atoms with Crippen molar-refractivity contribution < 1.29 is 18.3 Å². The van der Waals surface area contributed by atoms with E-state index in [1.54, 1.807) is 0 Å². The Labute approximate surface area is 165 Å². The topological polar surface area (TPSA) is 90.0 Å². The van der Waals surface area contributed by atoms with Crippen LogP contribution < -0.4 is 10.2 Å². The zero-order valence-corrected chi connectivity index (χ0v) is 17.0.